The van der Waals surface area contributed by atoms with Gasteiger partial charge in [-0.2, -0.15) is 5.10 Å². The van der Waals surface area contributed by atoms with E-state index in [0.29, 0.717) is 23.7 Å². The zero-order valence-electron chi connectivity index (χ0n) is 16.2. The summed E-state index contributed by atoms with van der Waals surface area (Å²) in [7, 11) is 0. The van der Waals surface area contributed by atoms with Crippen LogP contribution in [0, 0.1) is 5.92 Å². The van der Waals surface area contributed by atoms with Crippen molar-refractivity contribution in [2.75, 3.05) is 0 Å². The number of aromatic nitrogens is 3. The Kier molecular flexibility index (Phi) is 6.01. The zero-order chi connectivity index (χ0) is 19.4. The van der Waals surface area contributed by atoms with Crippen molar-refractivity contribution in [2.24, 2.45) is 5.92 Å². The summed E-state index contributed by atoms with van der Waals surface area (Å²) in [6.45, 7) is 6.92. The third kappa shape index (κ3) is 4.61. The van der Waals surface area contributed by atoms with Gasteiger partial charge in [0.2, 0.25) is 0 Å². The van der Waals surface area contributed by atoms with Crippen LogP contribution < -0.4 is 0 Å². The molecule has 27 heavy (non-hydrogen) atoms. The molecular weight excluding hydrogens is 338 g/mol. The second kappa shape index (κ2) is 8.44. The lowest BCUT2D eigenvalue weighted by Crippen LogP contribution is -2.11. The van der Waals surface area contributed by atoms with Crippen molar-refractivity contribution in [2.45, 2.75) is 52.7 Å². The molecule has 5 heteroatoms. The number of rotatable bonds is 8. The van der Waals surface area contributed by atoms with E-state index >= 15 is 0 Å². The third-order valence-corrected chi connectivity index (χ3v) is 4.71. The van der Waals surface area contributed by atoms with Gasteiger partial charge < -0.3 is 5.11 Å². The number of hydrogen-bond donors (Lipinski definition) is 1. The van der Waals surface area contributed by atoms with Crippen LogP contribution in [0.2, 0.25) is 0 Å². The Morgan fingerprint density at radius 1 is 1.19 bits per heavy atom. The molecule has 1 atom stereocenters. The van der Waals surface area contributed by atoms with Crippen LogP contribution in [0.25, 0.3) is 10.9 Å². The summed E-state index contributed by atoms with van der Waals surface area (Å²) >= 11 is 0. The van der Waals surface area contributed by atoms with Crippen LogP contribution in [0.3, 0.4) is 0 Å². The Hall–Kier alpha value is -2.53. The highest BCUT2D eigenvalue weighted by Gasteiger charge is 2.16. The molecule has 0 saturated heterocycles. The molecule has 3 aromatic rings. The van der Waals surface area contributed by atoms with Gasteiger partial charge in [-0.1, -0.05) is 51.1 Å². The molecule has 5 nitrogen and oxygen atoms in total. The molecule has 0 amide bonds. The Morgan fingerprint density at radius 2 is 1.93 bits per heavy atom. The van der Waals surface area contributed by atoms with E-state index in [1.54, 1.807) is 6.20 Å². The normalized spacial score (nSPS) is 12.6. The highest BCUT2D eigenvalue weighted by Crippen LogP contribution is 2.22. The summed E-state index contributed by atoms with van der Waals surface area (Å²) in [6, 6.07) is 12.0. The first kappa shape index (κ1) is 19.2. The minimum atomic E-state index is -0.164. The van der Waals surface area contributed by atoms with Crippen molar-refractivity contribution in [3.8, 4) is 0 Å². The highest BCUT2D eigenvalue weighted by atomic mass is 16.3. The first-order valence-electron chi connectivity index (χ1n) is 9.49. The molecule has 1 N–H and O–H groups in total. The van der Waals surface area contributed by atoms with Crippen molar-refractivity contribution in [1.82, 2.24) is 14.8 Å². The van der Waals surface area contributed by atoms with Crippen molar-refractivity contribution < 1.29 is 9.90 Å². The van der Waals surface area contributed by atoms with Gasteiger partial charge in [0.25, 0.3) is 0 Å². The average molecular weight is 365 g/mol. The van der Waals surface area contributed by atoms with E-state index in [2.05, 4.69) is 43.0 Å². The molecule has 0 bridgehead atoms. The molecule has 0 aliphatic rings. The smallest absolute Gasteiger partial charge is 0.139 e. The first-order valence-corrected chi connectivity index (χ1v) is 9.49. The lowest BCUT2D eigenvalue weighted by molar-refractivity contribution is -0.118. The van der Waals surface area contributed by atoms with E-state index in [0.717, 1.165) is 17.4 Å². The molecule has 1 aromatic carbocycles. The summed E-state index contributed by atoms with van der Waals surface area (Å²) in [5.41, 5.74) is 3.31. The summed E-state index contributed by atoms with van der Waals surface area (Å²) in [5.74, 6) is 0.769. The number of carbonyl (C=O) groups is 1. The first-order chi connectivity index (χ1) is 13.0. The molecule has 0 saturated carbocycles. The van der Waals surface area contributed by atoms with E-state index in [9.17, 15) is 9.90 Å². The van der Waals surface area contributed by atoms with Gasteiger partial charge in [0.1, 0.15) is 5.78 Å². The number of pyridine rings is 1. The number of Topliss-reactive ketones (excluding diaryl/α,β-unsaturated/α-hetero) is 1. The Bertz CT molecular complexity index is 916. The molecule has 2 heterocycles. The average Bonchev–Trinajstić information content (AvgIpc) is 3.03. The van der Waals surface area contributed by atoms with E-state index in [4.69, 9.17) is 0 Å². The van der Waals surface area contributed by atoms with Gasteiger partial charge in [-0.25, -0.2) is 0 Å². The van der Waals surface area contributed by atoms with Crippen LogP contribution in [0.4, 0.5) is 0 Å². The van der Waals surface area contributed by atoms with Gasteiger partial charge in [-0.05, 0) is 23.5 Å². The zero-order valence-corrected chi connectivity index (χ0v) is 16.2. The molecule has 3 rings (SSSR count). The number of aliphatic hydroxyl groups is 1. The summed E-state index contributed by atoms with van der Waals surface area (Å²) in [4.78, 5) is 17.1. The lowest BCUT2D eigenvalue weighted by Gasteiger charge is -2.12. The number of fused-ring (bicyclic) bond motifs is 1. The number of aliphatic hydroxyl groups excluding tert-OH is 1. The Labute approximate surface area is 160 Å². The fourth-order valence-electron chi connectivity index (χ4n) is 3.46. The molecule has 0 spiro atoms. The maximum absolute atomic E-state index is 12.6. The quantitative estimate of drug-likeness (QED) is 0.658. The minimum Gasteiger partial charge on any atom is -0.390 e. The fraction of sp³-hybridized carbons (Fsp3) is 0.409. The maximum Gasteiger partial charge on any atom is 0.139 e. The minimum absolute atomic E-state index is 0.150. The highest BCUT2D eigenvalue weighted by molar-refractivity contribution is 5.85. The summed E-state index contributed by atoms with van der Waals surface area (Å²) in [6.07, 6.45) is 2.54. The van der Waals surface area contributed by atoms with Crippen LogP contribution in [0.15, 0.2) is 42.6 Å². The monoisotopic (exact) mass is 365 g/mol. The van der Waals surface area contributed by atoms with Crippen molar-refractivity contribution in [3.63, 3.8) is 0 Å². The number of ketones is 1. The van der Waals surface area contributed by atoms with E-state index in [1.807, 2.05) is 28.9 Å². The van der Waals surface area contributed by atoms with E-state index in [-0.39, 0.29) is 24.7 Å². The molecular formula is C22H27N3O2. The second-order valence-corrected chi connectivity index (χ2v) is 7.61. The SMILES string of the molecule is CC(C)Cn1ncc2cc(CC(=O)C[C@H](C)c3ccccc3)nc(CO)c21. The molecule has 0 radical (unpaired) electrons. The van der Waals surface area contributed by atoms with Crippen molar-refractivity contribution in [1.29, 1.82) is 0 Å². The predicted octanol–water partition coefficient (Wildman–Crippen LogP) is 3.89. The van der Waals surface area contributed by atoms with E-state index in [1.165, 1.54) is 5.56 Å². The molecule has 2 aromatic heterocycles. The van der Waals surface area contributed by atoms with Gasteiger partial charge in [0.05, 0.1) is 24.0 Å². The van der Waals surface area contributed by atoms with Gasteiger partial charge in [-0.15, -0.1) is 0 Å². The number of hydrogen-bond acceptors (Lipinski definition) is 4. The number of carbonyl (C=O) groups excluding carboxylic acids is 1. The Balaban J connectivity index is 1.78. The van der Waals surface area contributed by atoms with Gasteiger partial charge in [0.15, 0.2) is 0 Å². The van der Waals surface area contributed by atoms with Gasteiger partial charge in [-0.3, -0.25) is 14.5 Å². The van der Waals surface area contributed by atoms with Gasteiger partial charge in [0, 0.05) is 30.5 Å². The second-order valence-electron chi connectivity index (χ2n) is 7.61. The lowest BCUT2D eigenvalue weighted by atomic mass is 9.94. The van der Waals surface area contributed by atoms with Crippen LogP contribution >= 0.6 is 0 Å². The number of benzene rings is 1. The molecule has 0 aliphatic heterocycles. The Morgan fingerprint density at radius 3 is 2.59 bits per heavy atom. The van der Waals surface area contributed by atoms with Crippen LogP contribution in [0.5, 0.6) is 0 Å². The molecule has 0 unspecified atom stereocenters. The molecule has 142 valence electrons. The largest absolute Gasteiger partial charge is 0.390 e. The van der Waals surface area contributed by atoms with E-state index < -0.39 is 0 Å². The van der Waals surface area contributed by atoms with Crippen LogP contribution in [-0.2, 0) is 24.4 Å². The van der Waals surface area contributed by atoms with Crippen LogP contribution in [0.1, 0.15) is 50.1 Å². The molecule has 0 aliphatic carbocycles. The third-order valence-electron chi connectivity index (χ3n) is 4.71. The predicted molar refractivity (Wildman–Crippen MR) is 106 cm³/mol. The van der Waals surface area contributed by atoms with Crippen LogP contribution in [-0.4, -0.2) is 25.7 Å². The topological polar surface area (TPSA) is 68.0 Å². The summed E-state index contributed by atoms with van der Waals surface area (Å²) < 4.78 is 1.89. The summed E-state index contributed by atoms with van der Waals surface area (Å²) in [5, 5.41) is 15.1. The fourth-order valence-corrected chi connectivity index (χ4v) is 3.46. The van der Waals surface area contributed by atoms with Crippen molar-refractivity contribution >= 4 is 16.7 Å². The number of nitrogens with zero attached hydrogens (tertiary/aromatic N) is 3. The standard InChI is InChI=1S/C22H27N3O2/c1-15(2)13-25-22-18(12-23-25)10-19(24-21(22)14-26)11-20(27)9-16(3)17-7-5-4-6-8-17/h4-8,10,12,15-16,26H,9,11,13-14H2,1-3H3/t16-/m0/s1. The van der Waals surface area contributed by atoms with Gasteiger partial charge >= 0.3 is 0 Å². The van der Waals surface area contributed by atoms with Crippen molar-refractivity contribution in [3.05, 3.63) is 59.5 Å². The molecule has 0 fully saturated rings. The maximum atomic E-state index is 12.6.